The summed E-state index contributed by atoms with van der Waals surface area (Å²) in [7, 11) is 0. The second-order valence-corrected chi connectivity index (χ2v) is 4.80. The van der Waals surface area contributed by atoms with Crippen molar-refractivity contribution in [3.8, 4) is 11.8 Å². The summed E-state index contributed by atoms with van der Waals surface area (Å²) in [5, 5.41) is 24.4. The Bertz CT molecular complexity index is 762. The van der Waals surface area contributed by atoms with Crippen molar-refractivity contribution in [3.63, 3.8) is 0 Å². The average Bonchev–Trinajstić information content (AvgIpc) is 2.94. The molecule has 1 aromatic carbocycles. The molecule has 0 unspecified atom stereocenters. The maximum Gasteiger partial charge on any atom is 0.201 e. The quantitative estimate of drug-likeness (QED) is 0.405. The third-order valence-electron chi connectivity index (χ3n) is 2.72. The second kappa shape index (κ2) is 7.82. The highest BCUT2D eigenvalue weighted by atomic mass is 35.5. The number of hydrogen-bond donors (Lipinski definition) is 3. The Morgan fingerprint density at radius 3 is 2.96 bits per heavy atom. The lowest BCUT2D eigenvalue weighted by Crippen LogP contribution is -2.22. The van der Waals surface area contributed by atoms with Crippen molar-refractivity contribution < 1.29 is 4.74 Å². The number of ether oxygens (including phenoxy) is 1. The first-order valence-corrected chi connectivity index (χ1v) is 6.96. The van der Waals surface area contributed by atoms with E-state index in [1.165, 1.54) is 0 Å². The molecule has 0 saturated carbocycles. The van der Waals surface area contributed by atoms with Gasteiger partial charge >= 0.3 is 0 Å². The third-order valence-corrected chi connectivity index (χ3v) is 2.91. The summed E-state index contributed by atoms with van der Waals surface area (Å²) >= 11 is 5.79. The Labute approximate surface area is 137 Å². The third kappa shape index (κ3) is 4.72. The van der Waals surface area contributed by atoms with Crippen LogP contribution in [0.4, 0.5) is 5.69 Å². The summed E-state index contributed by atoms with van der Waals surface area (Å²) in [5.74, 6) is 0.143. The minimum atomic E-state index is -0.408. The van der Waals surface area contributed by atoms with Crippen LogP contribution in [-0.2, 0) is 6.54 Å². The number of hydrazone groups is 1. The standard InChI is InChI=1S/C14H14ClN7O/c15-10-8-19-22(9-10)5-6-23-13-4-2-1-3-11(13)20-21-12(7-16)14(17)18/h1-4,8-9,20H,5-6H2,(H3,17,18)/b21-12+. The molecule has 0 fully saturated rings. The van der Waals surface area contributed by atoms with E-state index in [1.54, 1.807) is 41.3 Å². The van der Waals surface area contributed by atoms with Gasteiger partial charge in [-0.2, -0.15) is 15.5 Å². The maximum absolute atomic E-state index is 8.82. The zero-order chi connectivity index (χ0) is 16.7. The molecular formula is C14H14ClN7O. The van der Waals surface area contributed by atoms with Gasteiger partial charge < -0.3 is 10.5 Å². The number of halogens is 1. The monoisotopic (exact) mass is 331 g/mol. The predicted octanol–water partition coefficient (Wildman–Crippen LogP) is 1.84. The van der Waals surface area contributed by atoms with E-state index in [0.717, 1.165) is 0 Å². The van der Waals surface area contributed by atoms with Crippen LogP contribution in [0.15, 0.2) is 41.8 Å². The molecule has 118 valence electrons. The van der Waals surface area contributed by atoms with E-state index < -0.39 is 5.84 Å². The van der Waals surface area contributed by atoms with Crippen LogP contribution in [0, 0.1) is 16.7 Å². The van der Waals surface area contributed by atoms with Gasteiger partial charge in [-0.15, -0.1) is 0 Å². The molecule has 2 rings (SSSR count). The second-order valence-electron chi connectivity index (χ2n) is 4.36. The van der Waals surface area contributed by atoms with E-state index in [-0.39, 0.29) is 5.71 Å². The molecular weight excluding hydrogens is 318 g/mol. The zero-order valence-electron chi connectivity index (χ0n) is 12.0. The highest BCUT2D eigenvalue weighted by Gasteiger charge is 2.05. The van der Waals surface area contributed by atoms with Crippen molar-refractivity contribution in [2.24, 2.45) is 10.8 Å². The number of nitriles is 1. The van der Waals surface area contributed by atoms with Crippen molar-refractivity contribution in [1.82, 2.24) is 9.78 Å². The molecule has 0 spiro atoms. The topological polar surface area (TPSA) is 125 Å². The van der Waals surface area contributed by atoms with Gasteiger partial charge in [-0.25, -0.2) is 0 Å². The lowest BCUT2D eigenvalue weighted by atomic mass is 10.3. The predicted molar refractivity (Wildman–Crippen MR) is 87.8 cm³/mol. The molecule has 0 bridgehead atoms. The zero-order valence-corrected chi connectivity index (χ0v) is 12.8. The van der Waals surface area contributed by atoms with Crippen LogP contribution in [0.2, 0.25) is 5.02 Å². The first kappa shape index (κ1) is 16.3. The Kier molecular flexibility index (Phi) is 5.55. The molecule has 9 heteroatoms. The molecule has 0 atom stereocenters. The molecule has 0 aliphatic carbocycles. The van der Waals surface area contributed by atoms with Gasteiger partial charge in [0.2, 0.25) is 5.71 Å². The number of aromatic nitrogens is 2. The van der Waals surface area contributed by atoms with Gasteiger partial charge in [0.25, 0.3) is 0 Å². The minimum absolute atomic E-state index is 0.203. The molecule has 1 heterocycles. The van der Waals surface area contributed by atoms with Crippen LogP contribution in [0.3, 0.4) is 0 Å². The Morgan fingerprint density at radius 2 is 2.30 bits per heavy atom. The fraction of sp³-hybridized carbons (Fsp3) is 0.143. The number of nitrogens with one attached hydrogen (secondary N) is 2. The normalized spacial score (nSPS) is 10.9. The summed E-state index contributed by atoms with van der Waals surface area (Å²) < 4.78 is 7.34. The number of amidine groups is 1. The van der Waals surface area contributed by atoms with Crippen LogP contribution in [0.5, 0.6) is 5.75 Å². The van der Waals surface area contributed by atoms with Gasteiger partial charge in [0.1, 0.15) is 18.4 Å². The van der Waals surface area contributed by atoms with Crippen LogP contribution in [0.1, 0.15) is 0 Å². The summed E-state index contributed by atoms with van der Waals surface area (Å²) in [6.07, 6.45) is 3.25. The number of nitrogens with zero attached hydrogens (tertiary/aromatic N) is 4. The van der Waals surface area contributed by atoms with E-state index in [0.29, 0.717) is 29.6 Å². The summed E-state index contributed by atoms with van der Waals surface area (Å²) in [4.78, 5) is 0. The van der Waals surface area contributed by atoms with Gasteiger partial charge in [-0.3, -0.25) is 15.5 Å². The molecule has 0 aliphatic rings. The van der Waals surface area contributed by atoms with Crippen molar-refractivity contribution in [2.45, 2.75) is 6.54 Å². The number of nitrogens with two attached hydrogens (primary N) is 1. The molecule has 1 aromatic heterocycles. The van der Waals surface area contributed by atoms with Gasteiger partial charge in [0, 0.05) is 6.20 Å². The molecule has 0 aliphatic heterocycles. The van der Waals surface area contributed by atoms with E-state index in [1.807, 2.05) is 6.07 Å². The van der Waals surface area contributed by atoms with Crippen LogP contribution in [-0.4, -0.2) is 27.9 Å². The van der Waals surface area contributed by atoms with Crippen LogP contribution in [0.25, 0.3) is 0 Å². The number of para-hydroxylation sites is 2. The van der Waals surface area contributed by atoms with E-state index >= 15 is 0 Å². The summed E-state index contributed by atoms with van der Waals surface area (Å²) in [6.45, 7) is 0.902. The van der Waals surface area contributed by atoms with Crippen molar-refractivity contribution in [3.05, 3.63) is 41.7 Å². The smallest absolute Gasteiger partial charge is 0.201 e. The summed E-state index contributed by atoms with van der Waals surface area (Å²) in [5.41, 5.74) is 8.26. The highest BCUT2D eigenvalue weighted by molar-refractivity contribution is 6.45. The Balaban J connectivity index is 2.00. The van der Waals surface area contributed by atoms with Gasteiger partial charge in [-0.05, 0) is 12.1 Å². The lowest BCUT2D eigenvalue weighted by Gasteiger charge is -2.11. The molecule has 8 nitrogen and oxygen atoms in total. The number of rotatable bonds is 7. The van der Waals surface area contributed by atoms with Gasteiger partial charge in [-0.1, -0.05) is 23.7 Å². The molecule has 23 heavy (non-hydrogen) atoms. The lowest BCUT2D eigenvalue weighted by molar-refractivity contribution is 0.292. The van der Waals surface area contributed by atoms with Crippen LogP contribution < -0.4 is 15.9 Å². The van der Waals surface area contributed by atoms with Gasteiger partial charge in [0.15, 0.2) is 5.84 Å². The molecule has 0 amide bonds. The largest absolute Gasteiger partial charge is 0.489 e. The number of benzene rings is 1. The van der Waals surface area contributed by atoms with Crippen molar-refractivity contribution in [1.29, 1.82) is 10.7 Å². The SMILES string of the molecule is N#C/C(=N\Nc1ccccc1OCCn1cc(Cl)cn1)C(=N)N. The van der Waals surface area contributed by atoms with E-state index in [2.05, 4.69) is 15.6 Å². The number of hydrogen-bond acceptors (Lipinski definition) is 6. The van der Waals surface area contributed by atoms with Gasteiger partial charge in [0.05, 0.1) is 23.5 Å². The van der Waals surface area contributed by atoms with Crippen molar-refractivity contribution in [2.75, 3.05) is 12.0 Å². The number of anilines is 1. The van der Waals surface area contributed by atoms with E-state index in [4.69, 9.17) is 32.7 Å². The first-order valence-electron chi connectivity index (χ1n) is 6.58. The van der Waals surface area contributed by atoms with E-state index in [9.17, 15) is 0 Å². The maximum atomic E-state index is 8.82. The Morgan fingerprint density at radius 1 is 1.52 bits per heavy atom. The van der Waals surface area contributed by atoms with Crippen molar-refractivity contribution >= 4 is 28.8 Å². The molecule has 0 radical (unpaired) electrons. The molecule has 2 aromatic rings. The summed E-state index contributed by atoms with van der Waals surface area (Å²) in [6, 6.07) is 8.82. The van der Waals surface area contributed by atoms with Crippen LogP contribution >= 0.6 is 11.6 Å². The minimum Gasteiger partial charge on any atom is -0.489 e. The fourth-order valence-electron chi connectivity index (χ4n) is 1.66. The highest BCUT2D eigenvalue weighted by Crippen LogP contribution is 2.23. The molecule has 4 N–H and O–H groups in total. The fourth-order valence-corrected chi connectivity index (χ4v) is 1.81. The average molecular weight is 332 g/mol. The molecule has 0 saturated heterocycles. The first-order chi connectivity index (χ1) is 11.1. The Hall–Kier alpha value is -3.05.